The lowest BCUT2D eigenvalue weighted by molar-refractivity contribution is 0.166. The zero-order valence-corrected chi connectivity index (χ0v) is 12.9. The molecule has 1 aromatic heterocycles. The predicted octanol–water partition coefficient (Wildman–Crippen LogP) is 3.81. The van der Waals surface area contributed by atoms with Gasteiger partial charge in [-0.1, -0.05) is 37.3 Å². The van der Waals surface area contributed by atoms with Gasteiger partial charge in [0.1, 0.15) is 11.8 Å². The first kappa shape index (κ1) is 14.7. The highest BCUT2D eigenvalue weighted by Gasteiger charge is 2.25. The molecule has 4 heteroatoms. The summed E-state index contributed by atoms with van der Waals surface area (Å²) >= 11 is 0. The molecule has 0 aliphatic carbocycles. The van der Waals surface area contributed by atoms with Crippen LogP contribution in [-0.2, 0) is 0 Å². The number of rotatable bonds is 3. The number of carbonyl (C=O) groups is 1. The van der Waals surface area contributed by atoms with Crippen molar-refractivity contribution in [2.24, 2.45) is 5.92 Å². The lowest BCUT2D eigenvalue weighted by atomic mass is 10.0. The molecule has 2 atom stereocenters. The third-order valence-electron chi connectivity index (χ3n) is 4.17. The molecule has 1 saturated heterocycles. The Balaban J connectivity index is 1.77. The third-order valence-corrected chi connectivity index (χ3v) is 4.17. The van der Waals surface area contributed by atoms with Crippen LogP contribution in [0.2, 0.25) is 0 Å². The smallest absolute Gasteiger partial charge is 0.318 e. The summed E-state index contributed by atoms with van der Waals surface area (Å²) < 4.78 is 5.53. The van der Waals surface area contributed by atoms with Gasteiger partial charge in [0.2, 0.25) is 0 Å². The topological polar surface area (TPSA) is 45.5 Å². The van der Waals surface area contributed by atoms with E-state index in [4.69, 9.17) is 4.42 Å². The average Bonchev–Trinajstić information content (AvgIpc) is 3.07. The summed E-state index contributed by atoms with van der Waals surface area (Å²) in [6.45, 7) is 3.85. The second kappa shape index (κ2) is 6.69. The van der Waals surface area contributed by atoms with Crippen LogP contribution in [0.5, 0.6) is 0 Å². The predicted molar refractivity (Wildman–Crippen MR) is 85.5 cm³/mol. The van der Waals surface area contributed by atoms with Gasteiger partial charge in [-0.25, -0.2) is 4.79 Å². The van der Waals surface area contributed by atoms with Crippen LogP contribution >= 0.6 is 0 Å². The molecule has 1 aromatic carbocycles. The Labute approximate surface area is 131 Å². The van der Waals surface area contributed by atoms with Crippen LogP contribution < -0.4 is 5.32 Å². The lowest BCUT2D eigenvalue weighted by Gasteiger charge is -2.32. The van der Waals surface area contributed by atoms with Crippen molar-refractivity contribution in [1.82, 2.24) is 10.2 Å². The van der Waals surface area contributed by atoms with Gasteiger partial charge in [0.25, 0.3) is 0 Å². The van der Waals surface area contributed by atoms with Crippen LogP contribution in [0.4, 0.5) is 4.79 Å². The van der Waals surface area contributed by atoms with Gasteiger partial charge in [-0.2, -0.15) is 0 Å². The van der Waals surface area contributed by atoms with Crippen LogP contribution in [0.15, 0.2) is 53.1 Å². The Morgan fingerprint density at radius 1 is 1.27 bits per heavy atom. The maximum Gasteiger partial charge on any atom is 0.318 e. The van der Waals surface area contributed by atoms with E-state index in [1.54, 1.807) is 6.26 Å². The average molecular weight is 298 g/mol. The van der Waals surface area contributed by atoms with E-state index in [2.05, 4.69) is 12.2 Å². The second-order valence-electron chi connectivity index (χ2n) is 6.00. The van der Waals surface area contributed by atoms with Gasteiger partial charge in [0, 0.05) is 13.1 Å². The van der Waals surface area contributed by atoms with Gasteiger partial charge in [-0.05, 0) is 36.5 Å². The number of hydrogen-bond donors (Lipinski definition) is 1. The molecule has 1 aliphatic heterocycles. The standard InChI is InChI=1S/C18H22N2O2/c1-14-7-5-11-20(13-14)18(21)19-17(16-10-6-12-22-16)15-8-3-2-4-9-15/h2-4,6,8-10,12,14,17H,5,7,11,13H2,1H3,(H,19,21). The molecule has 1 fully saturated rings. The van der Waals surface area contributed by atoms with E-state index in [0.717, 1.165) is 30.8 Å². The largest absolute Gasteiger partial charge is 0.467 e. The summed E-state index contributed by atoms with van der Waals surface area (Å²) in [5.74, 6) is 1.32. The number of nitrogens with zero attached hydrogens (tertiary/aromatic N) is 1. The Hall–Kier alpha value is -2.23. The summed E-state index contributed by atoms with van der Waals surface area (Å²) in [7, 11) is 0. The van der Waals surface area contributed by atoms with Gasteiger partial charge in [-0.15, -0.1) is 0 Å². The molecule has 2 unspecified atom stereocenters. The van der Waals surface area contributed by atoms with E-state index in [1.165, 1.54) is 6.42 Å². The zero-order valence-electron chi connectivity index (χ0n) is 12.9. The van der Waals surface area contributed by atoms with Crippen molar-refractivity contribution >= 4 is 6.03 Å². The fraction of sp³-hybridized carbons (Fsp3) is 0.389. The maximum atomic E-state index is 12.6. The molecular formula is C18H22N2O2. The Kier molecular flexibility index (Phi) is 4.47. The van der Waals surface area contributed by atoms with E-state index in [0.29, 0.717) is 5.92 Å². The Morgan fingerprint density at radius 2 is 2.09 bits per heavy atom. The number of furan rings is 1. The van der Waals surface area contributed by atoms with Crippen LogP contribution in [0.3, 0.4) is 0 Å². The number of nitrogens with one attached hydrogen (secondary N) is 1. The molecule has 0 spiro atoms. The number of benzene rings is 1. The lowest BCUT2D eigenvalue weighted by Crippen LogP contribution is -2.46. The highest BCUT2D eigenvalue weighted by atomic mass is 16.3. The SMILES string of the molecule is CC1CCCN(C(=O)NC(c2ccccc2)c2ccco2)C1. The van der Waals surface area contributed by atoms with Crippen molar-refractivity contribution < 1.29 is 9.21 Å². The van der Waals surface area contributed by atoms with Crippen LogP contribution in [0.1, 0.15) is 37.1 Å². The summed E-state index contributed by atoms with van der Waals surface area (Å²) in [6.07, 6.45) is 3.91. The summed E-state index contributed by atoms with van der Waals surface area (Å²) in [5.41, 5.74) is 1.02. The number of carbonyl (C=O) groups excluding carboxylic acids is 1. The van der Waals surface area contributed by atoms with Crippen molar-refractivity contribution in [3.63, 3.8) is 0 Å². The van der Waals surface area contributed by atoms with E-state index in [9.17, 15) is 4.79 Å². The number of hydrogen-bond acceptors (Lipinski definition) is 2. The fourth-order valence-electron chi connectivity index (χ4n) is 3.01. The molecule has 22 heavy (non-hydrogen) atoms. The molecule has 2 heterocycles. The summed E-state index contributed by atoms with van der Waals surface area (Å²) in [6, 6.07) is 13.4. The maximum absolute atomic E-state index is 12.6. The zero-order chi connectivity index (χ0) is 15.4. The van der Waals surface area contributed by atoms with Crippen LogP contribution in [-0.4, -0.2) is 24.0 Å². The second-order valence-corrected chi connectivity index (χ2v) is 6.00. The van der Waals surface area contributed by atoms with Gasteiger partial charge < -0.3 is 14.6 Å². The fourth-order valence-corrected chi connectivity index (χ4v) is 3.01. The molecule has 116 valence electrons. The molecule has 3 rings (SSSR count). The third kappa shape index (κ3) is 3.32. The molecule has 0 saturated carbocycles. The van der Waals surface area contributed by atoms with E-state index in [1.807, 2.05) is 47.4 Å². The molecule has 4 nitrogen and oxygen atoms in total. The molecule has 2 aromatic rings. The molecule has 2 amide bonds. The number of likely N-dealkylation sites (tertiary alicyclic amines) is 1. The van der Waals surface area contributed by atoms with E-state index < -0.39 is 0 Å². The van der Waals surface area contributed by atoms with Crippen molar-refractivity contribution in [3.05, 3.63) is 60.1 Å². The van der Waals surface area contributed by atoms with Crippen molar-refractivity contribution in [1.29, 1.82) is 0 Å². The number of amides is 2. The minimum absolute atomic E-state index is 0.0168. The Bertz CT molecular complexity index is 595. The Morgan fingerprint density at radius 3 is 2.77 bits per heavy atom. The highest BCUT2D eigenvalue weighted by Crippen LogP contribution is 2.23. The molecule has 1 aliphatic rings. The quantitative estimate of drug-likeness (QED) is 0.936. The normalized spacial score (nSPS) is 19.7. The van der Waals surface area contributed by atoms with Crippen molar-refractivity contribution in [2.75, 3.05) is 13.1 Å². The van der Waals surface area contributed by atoms with Crippen LogP contribution in [0, 0.1) is 5.92 Å². The molecule has 0 bridgehead atoms. The first-order valence-electron chi connectivity index (χ1n) is 7.88. The number of piperidine rings is 1. The van der Waals surface area contributed by atoms with E-state index in [-0.39, 0.29) is 12.1 Å². The van der Waals surface area contributed by atoms with Gasteiger partial charge in [-0.3, -0.25) is 0 Å². The van der Waals surface area contributed by atoms with Crippen molar-refractivity contribution in [3.8, 4) is 0 Å². The molecule has 1 N–H and O–H groups in total. The summed E-state index contributed by atoms with van der Waals surface area (Å²) in [4.78, 5) is 14.5. The first-order chi connectivity index (χ1) is 10.7. The van der Waals surface area contributed by atoms with Crippen LogP contribution in [0.25, 0.3) is 0 Å². The van der Waals surface area contributed by atoms with Crippen molar-refractivity contribution in [2.45, 2.75) is 25.8 Å². The minimum atomic E-state index is -0.249. The monoisotopic (exact) mass is 298 g/mol. The highest BCUT2D eigenvalue weighted by molar-refractivity contribution is 5.75. The molecular weight excluding hydrogens is 276 g/mol. The number of urea groups is 1. The summed E-state index contributed by atoms with van der Waals surface area (Å²) in [5, 5.41) is 3.12. The van der Waals surface area contributed by atoms with E-state index >= 15 is 0 Å². The van der Waals surface area contributed by atoms with Gasteiger partial charge in [0.05, 0.1) is 6.26 Å². The molecule has 0 radical (unpaired) electrons. The minimum Gasteiger partial charge on any atom is -0.467 e. The van der Waals surface area contributed by atoms with Gasteiger partial charge >= 0.3 is 6.03 Å². The first-order valence-corrected chi connectivity index (χ1v) is 7.88. The van der Waals surface area contributed by atoms with Gasteiger partial charge in [0.15, 0.2) is 0 Å².